The van der Waals surface area contributed by atoms with Crippen LogP contribution in [-0.4, -0.2) is 38.0 Å². The topological polar surface area (TPSA) is 142 Å². The molecular formula is C23H26N2O7S2. The van der Waals surface area contributed by atoms with Crippen LogP contribution in [-0.2, 0) is 31.1 Å². The summed E-state index contributed by atoms with van der Waals surface area (Å²) < 4.78 is 76.3. The molecule has 0 saturated carbocycles. The molecule has 0 fully saturated rings. The predicted molar refractivity (Wildman–Crippen MR) is 126 cm³/mol. The molecule has 2 unspecified atom stereocenters. The average molecular weight is 507 g/mol. The molecule has 3 heterocycles. The van der Waals surface area contributed by atoms with Crippen LogP contribution in [0.3, 0.4) is 0 Å². The van der Waals surface area contributed by atoms with Crippen LogP contribution >= 0.6 is 0 Å². The Labute approximate surface area is 198 Å². The highest BCUT2D eigenvalue weighted by atomic mass is 32.2. The zero-order valence-electron chi connectivity index (χ0n) is 19.6. The highest BCUT2D eigenvalue weighted by Gasteiger charge is 2.44. The Hall–Kier alpha value is -2.47. The van der Waals surface area contributed by atoms with E-state index in [-0.39, 0.29) is 34.6 Å². The summed E-state index contributed by atoms with van der Waals surface area (Å²) >= 11 is 0. The van der Waals surface area contributed by atoms with E-state index >= 15 is 0 Å². The van der Waals surface area contributed by atoms with E-state index in [4.69, 9.17) is 4.74 Å². The van der Waals surface area contributed by atoms with Crippen LogP contribution in [0, 0.1) is 0 Å². The molecule has 182 valence electrons. The van der Waals surface area contributed by atoms with Crippen molar-refractivity contribution in [2.24, 2.45) is 4.99 Å². The Balaban J connectivity index is 1.93. The summed E-state index contributed by atoms with van der Waals surface area (Å²) in [6.07, 6.45) is 1.62. The quantitative estimate of drug-likeness (QED) is 0.450. The van der Waals surface area contributed by atoms with Crippen LogP contribution in [0.2, 0.25) is 0 Å². The van der Waals surface area contributed by atoms with Gasteiger partial charge in [-0.25, -0.2) is 0 Å². The minimum atomic E-state index is -4.80. The van der Waals surface area contributed by atoms with Crippen molar-refractivity contribution in [1.29, 1.82) is 0 Å². The van der Waals surface area contributed by atoms with E-state index in [0.29, 0.717) is 21.9 Å². The van der Waals surface area contributed by atoms with Gasteiger partial charge in [-0.15, -0.1) is 0 Å². The normalized spacial score (nSPS) is 23.4. The number of hydrogen-bond donors (Lipinski definition) is 3. The molecule has 3 N–H and O–H groups in total. The van der Waals surface area contributed by atoms with Crippen LogP contribution < -0.4 is 20.6 Å². The fourth-order valence-electron chi connectivity index (χ4n) is 4.97. The third kappa shape index (κ3) is 3.00. The average Bonchev–Trinajstić information content (AvgIpc) is 3.03. The summed E-state index contributed by atoms with van der Waals surface area (Å²) in [6.45, 7) is 11.5. The lowest BCUT2D eigenvalue weighted by Gasteiger charge is -2.26. The van der Waals surface area contributed by atoms with Gasteiger partial charge in [0.2, 0.25) is 0 Å². The Bertz CT molecular complexity index is 1640. The number of anilines is 1. The standard InChI is InChI=1S/C23H26N2O7S2/c1-10-22(3,4)14-8-12-7-13-9-15-17(25-11(2)23(15,5)6)21(34(29,30)31)19(13)32-18(12)20(16(14)24-10)33(26,27)28/h7-11,24H,1-6H3,(H,26,27,28)(H,29,30,31). The summed E-state index contributed by atoms with van der Waals surface area (Å²) in [6, 6.07) is 3.14. The molecule has 3 aliphatic heterocycles. The number of nitrogens with one attached hydrogen (secondary N) is 1. The number of hydrogen-bond acceptors (Lipinski definition) is 7. The summed E-state index contributed by atoms with van der Waals surface area (Å²) in [5.74, 6) is -0.432. The smallest absolute Gasteiger partial charge is 0.300 e. The van der Waals surface area contributed by atoms with E-state index in [1.165, 1.54) is 0 Å². The SMILES string of the molecule is CC1N=c2c(cc3c(c2S(=O)(=O)O)Oc2c(cc4c(c2S(=O)(=O)O)NC(C)C4(C)C)C=3)C1(C)C. The number of benzene rings is 2. The molecule has 3 aliphatic rings. The van der Waals surface area contributed by atoms with Crippen LogP contribution in [0.25, 0.3) is 6.08 Å². The molecule has 11 heteroatoms. The molecule has 0 radical (unpaired) electrons. The number of ether oxygens (including phenoxy) is 1. The molecule has 0 amide bonds. The predicted octanol–water partition coefficient (Wildman–Crippen LogP) is 2.51. The molecule has 2 aromatic carbocycles. The molecule has 5 rings (SSSR count). The number of nitrogens with zero attached hydrogens (tertiary/aromatic N) is 1. The fourth-order valence-corrected chi connectivity index (χ4v) is 6.59. The second-order valence-corrected chi connectivity index (χ2v) is 13.1. The maximum Gasteiger partial charge on any atom is 0.300 e. The minimum Gasteiger partial charge on any atom is -0.453 e. The second-order valence-electron chi connectivity index (χ2n) is 10.4. The second kappa shape index (κ2) is 6.60. The van der Waals surface area contributed by atoms with Crippen molar-refractivity contribution >= 4 is 32.0 Å². The summed E-state index contributed by atoms with van der Waals surface area (Å²) in [5, 5.41) is 3.59. The Morgan fingerprint density at radius 3 is 2.12 bits per heavy atom. The summed E-state index contributed by atoms with van der Waals surface area (Å²) in [7, 11) is -9.57. The molecule has 0 bridgehead atoms. The largest absolute Gasteiger partial charge is 0.453 e. The van der Waals surface area contributed by atoms with Crippen LogP contribution in [0.1, 0.15) is 58.2 Å². The van der Waals surface area contributed by atoms with Gasteiger partial charge in [-0.2, -0.15) is 16.8 Å². The van der Waals surface area contributed by atoms with Gasteiger partial charge in [0.25, 0.3) is 20.2 Å². The molecule has 2 aromatic rings. The van der Waals surface area contributed by atoms with Crippen molar-refractivity contribution in [1.82, 2.24) is 0 Å². The third-order valence-electron chi connectivity index (χ3n) is 7.73. The van der Waals surface area contributed by atoms with E-state index in [0.717, 1.165) is 0 Å². The van der Waals surface area contributed by atoms with Crippen molar-refractivity contribution in [2.45, 2.75) is 74.2 Å². The maximum absolute atomic E-state index is 12.5. The van der Waals surface area contributed by atoms with E-state index in [1.807, 2.05) is 41.5 Å². The third-order valence-corrected chi connectivity index (χ3v) is 9.53. The van der Waals surface area contributed by atoms with Gasteiger partial charge in [0, 0.05) is 27.7 Å². The van der Waals surface area contributed by atoms with Gasteiger partial charge in [0.05, 0.1) is 17.1 Å². The molecular weight excluding hydrogens is 480 g/mol. The van der Waals surface area contributed by atoms with Crippen molar-refractivity contribution in [3.05, 3.63) is 39.4 Å². The Morgan fingerprint density at radius 2 is 1.53 bits per heavy atom. The zero-order chi connectivity index (χ0) is 25.2. The van der Waals surface area contributed by atoms with Crippen molar-refractivity contribution in [3.8, 4) is 11.5 Å². The van der Waals surface area contributed by atoms with Gasteiger partial charge in [-0.05, 0) is 43.2 Å². The van der Waals surface area contributed by atoms with E-state index in [1.54, 1.807) is 18.2 Å². The molecule has 34 heavy (non-hydrogen) atoms. The number of rotatable bonds is 2. The van der Waals surface area contributed by atoms with Gasteiger partial charge in [-0.1, -0.05) is 27.7 Å². The monoisotopic (exact) mass is 506 g/mol. The molecule has 0 aromatic heterocycles. The lowest BCUT2D eigenvalue weighted by molar-refractivity contribution is 0.425. The van der Waals surface area contributed by atoms with Gasteiger partial charge < -0.3 is 10.1 Å². The lowest BCUT2D eigenvalue weighted by Crippen LogP contribution is -2.32. The van der Waals surface area contributed by atoms with Crippen LogP contribution in [0.15, 0.2) is 26.9 Å². The van der Waals surface area contributed by atoms with Gasteiger partial charge in [0.15, 0.2) is 21.3 Å². The molecule has 2 atom stereocenters. The molecule has 0 aliphatic carbocycles. The summed E-state index contributed by atoms with van der Waals surface area (Å²) in [4.78, 5) is 3.50. The highest BCUT2D eigenvalue weighted by molar-refractivity contribution is 7.86. The first-order chi connectivity index (χ1) is 15.5. The van der Waals surface area contributed by atoms with Gasteiger partial charge in [0.1, 0.15) is 0 Å². The van der Waals surface area contributed by atoms with Crippen molar-refractivity contribution in [2.75, 3.05) is 5.32 Å². The van der Waals surface area contributed by atoms with Crippen LogP contribution in [0.5, 0.6) is 11.5 Å². The Kier molecular flexibility index (Phi) is 4.52. The zero-order valence-corrected chi connectivity index (χ0v) is 21.2. The van der Waals surface area contributed by atoms with Gasteiger partial charge in [-0.3, -0.25) is 14.1 Å². The van der Waals surface area contributed by atoms with Gasteiger partial charge >= 0.3 is 0 Å². The Morgan fingerprint density at radius 1 is 0.912 bits per heavy atom. The molecule has 0 saturated heterocycles. The molecule has 0 spiro atoms. The first-order valence-electron chi connectivity index (χ1n) is 10.8. The first kappa shape index (κ1) is 23.3. The number of fused-ring (bicyclic) bond motifs is 4. The highest BCUT2D eigenvalue weighted by Crippen LogP contribution is 2.50. The van der Waals surface area contributed by atoms with Crippen molar-refractivity contribution < 1.29 is 30.7 Å². The minimum absolute atomic E-state index is 0.0954. The van der Waals surface area contributed by atoms with E-state index in [9.17, 15) is 25.9 Å². The van der Waals surface area contributed by atoms with Crippen molar-refractivity contribution in [3.63, 3.8) is 0 Å². The van der Waals surface area contributed by atoms with E-state index in [2.05, 4.69) is 10.3 Å². The van der Waals surface area contributed by atoms with Crippen LogP contribution in [0.4, 0.5) is 5.69 Å². The lowest BCUT2D eigenvalue weighted by atomic mass is 9.80. The summed E-state index contributed by atoms with van der Waals surface area (Å²) in [5.41, 5.74) is 0.966. The maximum atomic E-state index is 12.5. The molecule has 9 nitrogen and oxygen atoms in total. The first-order valence-corrected chi connectivity index (χ1v) is 13.7. The van der Waals surface area contributed by atoms with E-state index < -0.39 is 40.9 Å². The fraction of sp³-hybridized carbons (Fsp3) is 0.435.